The molecule has 2 aromatic carbocycles. The van der Waals surface area contributed by atoms with Crippen molar-refractivity contribution < 1.29 is 9.59 Å². The van der Waals surface area contributed by atoms with Crippen molar-refractivity contribution in [3.05, 3.63) is 48.0 Å². The van der Waals surface area contributed by atoms with E-state index in [9.17, 15) is 9.59 Å². The number of hydrogen-bond donors (Lipinski definition) is 3. The Labute approximate surface area is 214 Å². The molecule has 1 aliphatic rings. The highest BCUT2D eigenvalue weighted by Gasteiger charge is 2.30. The molecule has 6 nitrogen and oxygen atoms in total. The van der Waals surface area contributed by atoms with E-state index < -0.39 is 0 Å². The van der Waals surface area contributed by atoms with E-state index in [1.807, 2.05) is 47.4 Å². The molecule has 1 heterocycles. The molecule has 0 spiro atoms. The first-order valence-electron chi connectivity index (χ1n) is 11.1. The van der Waals surface area contributed by atoms with Gasteiger partial charge in [-0.25, -0.2) is 0 Å². The highest BCUT2D eigenvalue weighted by Crippen LogP contribution is 2.23. The number of fused-ring (bicyclic) bond motifs is 1. The van der Waals surface area contributed by atoms with Gasteiger partial charge < -0.3 is 16.0 Å². The molecule has 0 aliphatic carbocycles. The SMILES string of the molecule is CC(=O)NCCCC[C@H]1CN(C(=O)c2cccc3ccccc23)CCN1C[C@@H](N)CS.Cl.Cl. The topological polar surface area (TPSA) is 78.7 Å². The van der Waals surface area contributed by atoms with Crippen LogP contribution in [0.1, 0.15) is 36.5 Å². The van der Waals surface area contributed by atoms with Crippen LogP contribution in [0.5, 0.6) is 0 Å². The van der Waals surface area contributed by atoms with Crippen LogP contribution in [0.25, 0.3) is 10.8 Å². The first-order chi connectivity index (χ1) is 15.0. The molecule has 2 amide bonds. The van der Waals surface area contributed by atoms with E-state index in [0.717, 1.165) is 48.7 Å². The Hall–Kier alpha value is -1.51. The molecule has 184 valence electrons. The first kappa shape index (κ1) is 29.5. The van der Waals surface area contributed by atoms with E-state index in [4.69, 9.17) is 5.73 Å². The van der Waals surface area contributed by atoms with Gasteiger partial charge in [-0.1, -0.05) is 42.8 Å². The summed E-state index contributed by atoms with van der Waals surface area (Å²) in [6.45, 7) is 5.23. The first-order valence-corrected chi connectivity index (χ1v) is 11.7. The maximum Gasteiger partial charge on any atom is 0.254 e. The number of rotatable bonds is 9. The van der Waals surface area contributed by atoms with Crippen LogP contribution in [0.2, 0.25) is 0 Å². The summed E-state index contributed by atoms with van der Waals surface area (Å²) in [7, 11) is 0. The van der Waals surface area contributed by atoms with Crippen LogP contribution < -0.4 is 11.1 Å². The number of unbranched alkanes of at least 4 members (excludes halogenated alkanes) is 1. The van der Waals surface area contributed by atoms with Crippen LogP contribution in [0.15, 0.2) is 42.5 Å². The van der Waals surface area contributed by atoms with Crippen molar-refractivity contribution in [2.75, 3.05) is 38.5 Å². The van der Waals surface area contributed by atoms with Gasteiger partial charge in [-0.05, 0) is 29.7 Å². The molecule has 0 radical (unpaired) electrons. The van der Waals surface area contributed by atoms with Crippen LogP contribution in [-0.2, 0) is 4.79 Å². The Morgan fingerprint density at radius 3 is 2.58 bits per heavy atom. The molecular weight excluding hydrogens is 479 g/mol. The number of hydrogen-bond acceptors (Lipinski definition) is 5. The van der Waals surface area contributed by atoms with Crippen LogP contribution in [0.3, 0.4) is 0 Å². The number of amides is 2. The van der Waals surface area contributed by atoms with Crippen molar-refractivity contribution >= 4 is 60.0 Å². The van der Waals surface area contributed by atoms with Gasteiger partial charge in [-0.3, -0.25) is 14.5 Å². The number of nitrogens with zero attached hydrogens (tertiary/aromatic N) is 2. The number of benzene rings is 2. The molecule has 3 rings (SSSR count). The van der Waals surface area contributed by atoms with E-state index in [2.05, 4.69) is 22.8 Å². The second-order valence-electron chi connectivity index (χ2n) is 8.35. The van der Waals surface area contributed by atoms with Gasteiger partial charge in [0.25, 0.3) is 5.91 Å². The Morgan fingerprint density at radius 1 is 1.12 bits per heavy atom. The third-order valence-electron chi connectivity index (χ3n) is 5.95. The number of nitrogens with two attached hydrogens (primary N) is 1. The normalized spacial score (nSPS) is 17.1. The van der Waals surface area contributed by atoms with E-state index in [1.165, 1.54) is 0 Å². The number of halogens is 2. The average molecular weight is 516 g/mol. The number of piperazine rings is 1. The zero-order chi connectivity index (χ0) is 22.2. The van der Waals surface area contributed by atoms with E-state index in [0.29, 0.717) is 25.4 Å². The molecule has 9 heteroatoms. The summed E-state index contributed by atoms with van der Waals surface area (Å²) in [6, 6.07) is 14.2. The minimum Gasteiger partial charge on any atom is -0.356 e. The van der Waals surface area contributed by atoms with Crippen LogP contribution in [-0.4, -0.2) is 72.2 Å². The van der Waals surface area contributed by atoms with Crippen molar-refractivity contribution in [2.24, 2.45) is 5.73 Å². The standard InChI is InChI=1S/C24H34N4O2S.2ClH/c1-18(29)26-12-5-4-9-21-16-28(14-13-27(21)15-20(25)17-31)24(30)23-11-6-8-19-7-2-3-10-22(19)23;;/h2-3,6-8,10-11,20-21,31H,4-5,9,12-17,25H2,1H3,(H,26,29);2*1H/t20-,21+;;/m1../s1. The molecule has 3 N–H and O–H groups in total. The quantitative estimate of drug-likeness (QED) is 0.354. The van der Waals surface area contributed by atoms with E-state index >= 15 is 0 Å². The summed E-state index contributed by atoms with van der Waals surface area (Å²) < 4.78 is 0. The molecular formula is C24H36Cl2N4O2S. The van der Waals surface area contributed by atoms with Gasteiger partial charge in [0.15, 0.2) is 0 Å². The number of nitrogens with one attached hydrogen (secondary N) is 1. The lowest BCUT2D eigenvalue weighted by Gasteiger charge is -2.42. The summed E-state index contributed by atoms with van der Waals surface area (Å²) in [5, 5.41) is 4.94. The zero-order valence-electron chi connectivity index (χ0n) is 19.1. The minimum absolute atomic E-state index is 0. The van der Waals surface area contributed by atoms with Gasteiger partial charge in [0, 0.05) is 63.0 Å². The fraction of sp³-hybridized carbons (Fsp3) is 0.500. The Morgan fingerprint density at radius 2 is 1.85 bits per heavy atom. The highest BCUT2D eigenvalue weighted by atomic mass is 35.5. The summed E-state index contributed by atoms with van der Waals surface area (Å²) >= 11 is 4.34. The largest absolute Gasteiger partial charge is 0.356 e. The summed E-state index contributed by atoms with van der Waals surface area (Å²) in [5.41, 5.74) is 6.94. The number of thiol groups is 1. The lowest BCUT2D eigenvalue weighted by molar-refractivity contribution is -0.118. The maximum atomic E-state index is 13.4. The van der Waals surface area contributed by atoms with Gasteiger partial charge in [0.05, 0.1) is 0 Å². The molecule has 0 aromatic heterocycles. The maximum absolute atomic E-state index is 13.4. The molecule has 2 aromatic rings. The molecule has 0 saturated carbocycles. The highest BCUT2D eigenvalue weighted by molar-refractivity contribution is 7.80. The van der Waals surface area contributed by atoms with Gasteiger partial charge in [-0.15, -0.1) is 24.8 Å². The molecule has 0 bridgehead atoms. The summed E-state index contributed by atoms with van der Waals surface area (Å²) in [4.78, 5) is 28.9. The predicted octanol–water partition coefficient (Wildman–Crippen LogP) is 3.37. The van der Waals surface area contributed by atoms with Crippen molar-refractivity contribution in [3.63, 3.8) is 0 Å². The second kappa shape index (κ2) is 14.7. The molecule has 1 saturated heterocycles. The molecule has 1 aliphatic heterocycles. The van der Waals surface area contributed by atoms with Crippen molar-refractivity contribution in [2.45, 2.75) is 38.3 Å². The fourth-order valence-corrected chi connectivity index (χ4v) is 4.42. The summed E-state index contributed by atoms with van der Waals surface area (Å²) in [6.07, 6.45) is 2.89. The van der Waals surface area contributed by atoms with Crippen LogP contribution >= 0.6 is 37.4 Å². The van der Waals surface area contributed by atoms with Crippen LogP contribution in [0, 0.1) is 0 Å². The lowest BCUT2D eigenvalue weighted by atomic mass is 10.0. The Bertz CT molecular complexity index is 896. The fourth-order valence-electron chi connectivity index (χ4n) is 4.30. The predicted molar refractivity (Wildman–Crippen MR) is 144 cm³/mol. The minimum atomic E-state index is 0. The van der Waals surface area contributed by atoms with Gasteiger partial charge in [0.1, 0.15) is 0 Å². The third kappa shape index (κ3) is 8.34. The van der Waals surface area contributed by atoms with E-state index in [1.54, 1.807) is 6.92 Å². The zero-order valence-corrected chi connectivity index (χ0v) is 21.6. The lowest BCUT2D eigenvalue weighted by Crippen LogP contribution is -2.57. The number of carbonyl (C=O) groups is 2. The third-order valence-corrected chi connectivity index (χ3v) is 6.42. The summed E-state index contributed by atoms with van der Waals surface area (Å²) in [5.74, 6) is 0.744. The van der Waals surface area contributed by atoms with Gasteiger partial charge in [-0.2, -0.15) is 12.6 Å². The Balaban J connectivity index is 0.00000272. The Kier molecular flexibility index (Phi) is 13.1. The van der Waals surface area contributed by atoms with Gasteiger partial charge in [0.2, 0.25) is 5.91 Å². The van der Waals surface area contributed by atoms with E-state index in [-0.39, 0.29) is 48.7 Å². The molecule has 1 fully saturated rings. The molecule has 2 atom stereocenters. The molecule has 0 unspecified atom stereocenters. The van der Waals surface area contributed by atoms with Crippen LogP contribution in [0.4, 0.5) is 0 Å². The van der Waals surface area contributed by atoms with Crippen molar-refractivity contribution in [1.29, 1.82) is 0 Å². The van der Waals surface area contributed by atoms with Crippen molar-refractivity contribution in [3.8, 4) is 0 Å². The second-order valence-corrected chi connectivity index (χ2v) is 8.71. The molecule has 33 heavy (non-hydrogen) atoms. The number of carbonyl (C=O) groups excluding carboxylic acids is 2. The average Bonchev–Trinajstić information content (AvgIpc) is 2.78. The smallest absolute Gasteiger partial charge is 0.254 e. The van der Waals surface area contributed by atoms with Gasteiger partial charge >= 0.3 is 0 Å². The van der Waals surface area contributed by atoms with Crippen molar-refractivity contribution in [1.82, 2.24) is 15.1 Å². The monoisotopic (exact) mass is 514 g/mol.